The molecule has 0 bridgehead atoms. The fraction of sp³-hybridized carbons (Fsp3) is 0.200. The van der Waals surface area contributed by atoms with Gasteiger partial charge in [0.25, 0.3) is 0 Å². The summed E-state index contributed by atoms with van der Waals surface area (Å²) in [4.78, 5) is 16.1. The largest absolute Gasteiger partial charge is 0.328 e. The van der Waals surface area contributed by atoms with E-state index in [4.69, 9.17) is 0 Å². The van der Waals surface area contributed by atoms with E-state index in [1.54, 1.807) is 15.3 Å². The molecule has 2 aromatic heterocycles. The predicted molar refractivity (Wildman–Crippen MR) is 75.6 cm³/mol. The summed E-state index contributed by atoms with van der Waals surface area (Å²) in [6.45, 7) is 0. The van der Waals surface area contributed by atoms with Crippen LogP contribution in [0.5, 0.6) is 0 Å². The lowest BCUT2D eigenvalue weighted by molar-refractivity contribution is 0.758. The average Bonchev–Trinajstić information content (AvgIpc) is 2.65. The van der Waals surface area contributed by atoms with Crippen molar-refractivity contribution in [1.82, 2.24) is 14.1 Å². The van der Waals surface area contributed by atoms with Gasteiger partial charge in [-0.1, -0.05) is 18.2 Å². The van der Waals surface area contributed by atoms with Gasteiger partial charge in [0, 0.05) is 44.2 Å². The number of imidazole rings is 1. The maximum Gasteiger partial charge on any atom is 0.328 e. The summed E-state index contributed by atoms with van der Waals surface area (Å²) in [5.41, 5.74) is 4.16. The van der Waals surface area contributed by atoms with Gasteiger partial charge in [-0.2, -0.15) is 0 Å². The summed E-state index contributed by atoms with van der Waals surface area (Å²) < 4.78 is 3.40. The minimum absolute atomic E-state index is 0.0158. The summed E-state index contributed by atoms with van der Waals surface area (Å²) in [5.74, 6) is 0. The number of hydrogen-bond donors (Lipinski definition) is 0. The zero-order valence-electron chi connectivity index (χ0n) is 11.0. The van der Waals surface area contributed by atoms with Crippen LogP contribution in [-0.4, -0.2) is 14.1 Å². The molecule has 0 saturated heterocycles. The average molecular weight is 253 g/mol. The molecular weight excluding hydrogens is 238 g/mol. The molecule has 0 radical (unpaired) electrons. The SMILES string of the molecule is Cn1c2c(n(C)c1=O)CC=CC(c1cccnc1)=C2. The first-order valence-corrected chi connectivity index (χ1v) is 6.21. The summed E-state index contributed by atoms with van der Waals surface area (Å²) in [6, 6.07) is 3.94. The van der Waals surface area contributed by atoms with Gasteiger partial charge in [0.1, 0.15) is 0 Å². The third kappa shape index (κ3) is 1.85. The van der Waals surface area contributed by atoms with Crippen LogP contribution in [0.2, 0.25) is 0 Å². The van der Waals surface area contributed by atoms with E-state index in [9.17, 15) is 4.79 Å². The van der Waals surface area contributed by atoms with Gasteiger partial charge in [0.15, 0.2) is 0 Å². The van der Waals surface area contributed by atoms with E-state index in [1.165, 1.54) is 0 Å². The second-order valence-electron chi connectivity index (χ2n) is 4.68. The van der Waals surface area contributed by atoms with Crippen molar-refractivity contribution in [2.24, 2.45) is 14.1 Å². The van der Waals surface area contributed by atoms with Crippen LogP contribution in [0.3, 0.4) is 0 Å². The van der Waals surface area contributed by atoms with Crippen molar-refractivity contribution in [3.05, 3.63) is 64.1 Å². The van der Waals surface area contributed by atoms with Crippen LogP contribution in [0.4, 0.5) is 0 Å². The van der Waals surface area contributed by atoms with Gasteiger partial charge >= 0.3 is 5.69 Å². The number of allylic oxidation sites excluding steroid dienone is 3. The van der Waals surface area contributed by atoms with E-state index in [0.717, 1.165) is 28.9 Å². The van der Waals surface area contributed by atoms with E-state index >= 15 is 0 Å². The van der Waals surface area contributed by atoms with Gasteiger partial charge in [-0.15, -0.1) is 0 Å². The Bertz CT molecular complexity index is 733. The fourth-order valence-corrected chi connectivity index (χ4v) is 2.44. The number of nitrogens with zero attached hydrogens (tertiary/aromatic N) is 3. The van der Waals surface area contributed by atoms with E-state index in [0.29, 0.717) is 0 Å². The van der Waals surface area contributed by atoms with Crippen molar-refractivity contribution in [2.75, 3.05) is 0 Å². The molecule has 0 atom stereocenters. The van der Waals surface area contributed by atoms with Crippen LogP contribution in [-0.2, 0) is 20.5 Å². The second-order valence-corrected chi connectivity index (χ2v) is 4.68. The standard InChI is InChI=1S/C15H15N3O/c1-17-13-7-3-5-11(12-6-4-8-16-10-12)9-14(13)18(2)15(17)19/h3-6,8-10H,7H2,1-2H3. The second kappa shape index (κ2) is 4.39. The summed E-state index contributed by atoms with van der Waals surface area (Å²) >= 11 is 0. The molecule has 0 unspecified atom stereocenters. The van der Waals surface area contributed by atoms with Crippen LogP contribution >= 0.6 is 0 Å². The van der Waals surface area contributed by atoms with Crippen molar-refractivity contribution >= 4 is 11.6 Å². The topological polar surface area (TPSA) is 39.8 Å². The first kappa shape index (κ1) is 11.7. The zero-order chi connectivity index (χ0) is 13.4. The molecule has 96 valence electrons. The van der Waals surface area contributed by atoms with Gasteiger partial charge < -0.3 is 0 Å². The molecule has 19 heavy (non-hydrogen) atoms. The van der Waals surface area contributed by atoms with Crippen molar-refractivity contribution in [2.45, 2.75) is 6.42 Å². The Morgan fingerprint density at radius 3 is 2.84 bits per heavy atom. The Balaban J connectivity index is 2.21. The summed E-state index contributed by atoms with van der Waals surface area (Å²) in [6.07, 6.45) is 10.6. The monoisotopic (exact) mass is 253 g/mol. The Labute approximate surface area is 111 Å². The third-order valence-corrected chi connectivity index (χ3v) is 3.53. The van der Waals surface area contributed by atoms with E-state index in [-0.39, 0.29) is 5.69 Å². The Morgan fingerprint density at radius 2 is 2.11 bits per heavy atom. The molecule has 0 saturated carbocycles. The molecule has 1 aliphatic carbocycles. The summed E-state index contributed by atoms with van der Waals surface area (Å²) in [5, 5.41) is 0. The highest BCUT2D eigenvalue weighted by Crippen LogP contribution is 2.23. The summed E-state index contributed by atoms with van der Waals surface area (Å²) in [7, 11) is 3.63. The Kier molecular flexibility index (Phi) is 2.71. The molecule has 4 nitrogen and oxygen atoms in total. The molecule has 0 fully saturated rings. The number of hydrogen-bond acceptors (Lipinski definition) is 2. The first-order chi connectivity index (χ1) is 9.18. The first-order valence-electron chi connectivity index (χ1n) is 6.21. The van der Waals surface area contributed by atoms with Crippen molar-refractivity contribution in [3.8, 4) is 0 Å². The van der Waals surface area contributed by atoms with Gasteiger partial charge in [0.2, 0.25) is 0 Å². The molecule has 2 heterocycles. The molecule has 0 aromatic carbocycles. The quantitative estimate of drug-likeness (QED) is 0.777. The molecule has 2 aromatic rings. The molecule has 1 aliphatic rings. The number of rotatable bonds is 1. The lowest BCUT2D eigenvalue weighted by Crippen LogP contribution is -2.20. The van der Waals surface area contributed by atoms with Crippen LogP contribution in [0.15, 0.2) is 41.5 Å². The number of fused-ring (bicyclic) bond motifs is 1. The lowest BCUT2D eigenvalue weighted by Gasteiger charge is -2.02. The molecule has 0 amide bonds. The molecule has 0 aliphatic heterocycles. The maximum absolute atomic E-state index is 12.0. The van der Waals surface area contributed by atoms with Gasteiger partial charge in [0.05, 0.1) is 5.69 Å². The highest BCUT2D eigenvalue weighted by molar-refractivity contribution is 5.87. The highest BCUT2D eigenvalue weighted by Gasteiger charge is 2.15. The minimum Gasteiger partial charge on any atom is -0.298 e. The lowest BCUT2D eigenvalue weighted by atomic mass is 10.1. The van der Waals surface area contributed by atoms with E-state index < -0.39 is 0 Å². The van der Waals surface area contributed by atoms with Gasteiger partial charge in [-0.25, -0.2) is 4.79 Å². The van der Waals surface area contributed by atoms with Gasteiger partial charge in [-0.3, -0.25) is 14.1 Å². The maximum atomic E-state index is 12.0. The minimum atomic E-state index is 0.0158. The highest BCUT2D eigenvalue weighted by atomic mass is 16.1. The van der Waals surface area contributed by atoms with Crippen molar-refractivity contribution < 1.29 is 0 Å². The zero-order valence-corrected chi connectivity index (χ0v) is 11.0. The fourth-order valence-electron chi connectivity index (χ4n) is 2.44. The smallest absolute Gasteiger partial charge is 0.298 e. The number of pyridine rings is 1. The molecule has 4 heteroatoms. The molecule has 3 rings (SSSR count). The Morgan fingerprint density at radius 1 is 1.26 bits per heavy atom. The molecule has 0 N–H and O–H groups in total. The third-order valence-electron chi connectivity index (χ3n) is 3.53. The van der Waals surface area contributed by atoms with E-state index in [2.05, 4.69) is 23.2 Å². The number of aromatic nitrogens is 3. The van der Waals surface area contributed by atoms with Crippen LogP contribution < -0.4 is 5.69 Å². The van der Waals surface area contributed by atoms with Gasteiger partial charge in [-0.05, 0) is 17.7 Å². The van der Waals surface area contributed by atoms with Crippen LogP contribution in [0, 0.1) is 0 Å². The van der Waals surface area contributed by atoms with Crippen molar-refractivity contribution in [3.63, 3.8) is 0 Å². The van der Waals surface area contributed by atoms with Crippen LogP contribution in [0.1, 0.15) is 17.0 Å². The van der Waals surface area contributed by atoms with Crippen LogP contribution in [0.25, 0.3) is 11.6 Å². The van der Waals surface area contributed by atoms with Crippen molar-refractivity contribution in [1.29, 1.82) is 0 Å². The Hall–Kier alpha value is -2.36. The van der Waals surface area contributed by atoms with E-state index in [1.807, 2.05) is 32.4 Å². The molecular formula is C15H15N3O. The molecule has 0 spiro atoms. The predicted octanol–water partition coefficient (Wildman–Crippen LogP) is 1.77. The normalized spacial score (nSPS) is 13.9.